The van der Waals surface area contributed by atoms with Crippen molar-refractivity contribution in [1.82, 2.24) is 14.7 Å². The molecule has 1 aliphatic heterocycles. The highest BCUT2D eigenvalue weighted by Crippen LogP contribution is 2.38. The Balaban J connectivity index is 1.22. The Morgan fingerprint density at radius 2 is 1.83 bits per heavy atom. The lowest BCUT2D eigenvalue weighted by Gasteiger charge is -2.35. The Labute approximate surface area is 173 Å². The number of likely N-dealkylation sites (tertiary alicyclic amines) is 1. The highest BCUT2D eigenvalue weighted by Gasteiger charge is 2.43. The van der Waals surface area contributed by atoms with Crippen molar-refractivity contribution in [2.45, 2.75) is 31.6 Å². The fourth-order valence-electron chi connectivity index (χ4n) is 4.74. The van der Waals surface area contributed by atoms with E-state index >= 15 is 0 Å². The van der Waals surface area contributed by atoms with Gasteiger partial charge < -0.3 is 14.7 Å². The number of carbonyl (C=O) groups excluding carboxylic acids is 1. The third-order valence-corrected chi connectivity index (χ3v) is 6.30. The number of benzene rings is 2. The van der Waals surface area contributed by atoms with Crippen molar-refractivity contribution in [3.63, 3.8) is 0 Å². The van der Waals surface area contributed by atoms with Crippen molar-refractivity contribution < 1.29 is 19.0 Å². The zero-order chi connectivity index (χ0) is 20.7. The molecular formula is C23H24FN3O3. The minimum Gasteiger partial charge on any atom is -0.488 e. The standard InChI is InChI=1S/C23H24FN3O3/c24-18-5-7-19(8-6-18)30-22-10-17-12-26(11-16(17)9-21(22)28)23(29)14-27-13-15-3-1-2-4-20(15)25-27/h1-8,13,16-17,21-22,28H,9-12,14H2/t16-,17+,21+,22+/m0/s1. The van der Waals surface area contributed by atoms with Crippen LogP contribution < -0.4 is 4.74 Å². The van der Waals surface area contributed by atoms with E-state index in [1.165, 1.54) is 12.1 Å². The van der Waals surface area contributed by atoms with E-state index < -0.39 is 6.10 Å². The molecule has 0 radical (unpaired) electrons. The molecule has 0 unspecified atom stereocenters. The van der Waals surface area contributed by atoms with Gasteiger partial charge in [0.05, 0.1) is 11.6 Å². The van der Waals surface area contributed by atoms with Crippen LogP contribution >= 0.6 is 0 Å². The Morgan fingerprint density at radius 3 is 2.60 bits per heavy atom. The van der Waals surface area contributed by atoms with Crippen molar-refractivity contribution in [2.75, 3.05) is 13.1 Å². The smallest absolute Gasteiger partial charge is 0.244 e. The van der Waals surface area contributed by atoms with Crippen LogP contribution in [0.5, 0.6) is 5.75 Å². The molecule has 1 N–H and O–H groups in total. The van der Waals surface area contributed by atoms with Crippen LogP contribution in [0.25, 0.3) is 10.9 Å². The molecule has 6 nitrogen and oxygen atoms in total. The summed E-state index contributed by atoms with van der Waals surface area (Å²) >= 11 is 0. The van der Waals surface area contributed by atoms with E-state index in [1.807, 2.05) is 35.4 Å². The monoisotopic (exact) mass is 409 g/mol. The molecular weight excluding hydrogens is 385 g/mol. The molecule has 1 aromatic heterocycles. The van der Waals surface area contributed by atoms with Crippen molar-refractivity contribution in [3.8, 4) is 5.75 Å². The number of halogens is 1. The van der Waals surface area contributed by atoms with Gasteiger partial charge in [-0.15, -0.1) is 0 Å². The Morgan fingerprint density at radius 1 is 1.10 bits per heavy atom. The normalized spacial score (nSPS) is 26.0. The number of carbonyl (C=O) groups is 1. The largest absolute Gasteiger partial charge is 0.488 e. The molecule has 30 heavy (non-hydrogen) atoms. The summed E-state index contributed by atoms with van der Waals surface area (Å²) < 4.78 is 20.7. The molecule has 7 heteroatoms. The summed E-state index contributed by atoms with van der Waals surface area (Å²) in [5.74, 6) is 0.841. The van der Waals surface area contributed by atoms with Crippen LogP contribution in [0.1, 0.15) is 12.8 Å². The molecule has 5 rings (SSSR count). The number of fused-ring (bicyclic) bond motifs is 2. The van der Waals surface area contributed by atoms with Crippen molar-refractivity contribution in [1.29, 1.82) is 0 Å². The maximum absolute atomic E-state index is 13.1. The molecule has 2 aromatic carbocycles. The summed E-state index contributed by atoms with van der Waals surface area (Å²) in [6.07, 6.45) is 2.24. The zero-order valence-electron chi connectivity index (χ0n) is 16.5. The van der Waals surface area contributed by atoms with Crippen LogP contribution in [0.2, 0.25) is 0 Å². The van der Waals surface area contributed by atoms with E-state index in [2.05, 4.69) is 5.10 Å². The van der Waals surface area contributed by atoms with Gasteiger partial charge in [0.25, 0.3) is 0 Å². The molecule has 156 valence electrons. The second-order valence-corrected chi connectivity index (χ2v) is 8.35. The topological polar surface area (TPSA) is 67.6 Å². The Hall–Kier alpha value is -2.93. The van der Waals surface area contributed by atoms with Gasteiger partial charge in [-0.2, -0.15) is 5.10 Å². The number of amides is 1. The molecule has 2 aliphatic rings. The summed E-state index contributed by atoms with van der Waals surface area (Å²) in [6.45, 7) is 1.54. The summed E-state index contributed by atoms with van der Waals surface area (Å²) in [6, 6.07) is 13.7. The van der Waals surface area contributed by atoms with Crippen molar-refractivity contribution in [3.05, 3.63) is 60.5 Å². The van der Waals surface area contributed by atoms with Gasteiger partial charge >= 0.3 is 0 Å². The van der Waals surface area contributed by atoms with E-state index in [0.717, 1.165) is 10.9 Å². The summed E-state index contributed by atoms with van der Waals surface area (Å²) in [5, 5.41) is 16.0. The van der Waals surface area contributed by atoms with Crippen molar-refractivity contribution in [2.24, 2.45) is 11.8 Å². The number of aliphatic hydroxyl groups excluding tert-OH is 1. The first-order valence-electron chi connectivity index (χ1n) is 10.4. The van der Waals surface area contributed by atoms with Crippen LogP contribution in [0, 0.1) is 17.7 Å². The number of rotatable bonds is 4. The van der Waals surface area contributed by atoms with E-state index in [0.29, 0.717) is 37.6 Å². The van der Waals surface area contributed by atoms with E-state index in [1.54, 1.807) is 16.8 Å². The molecule has 1 amide bonds. The SMILES string of the molecule is O=C(Cn1cc2ccccc2n1)N1C[C@H]2C[C@@H](Oc3ccc(F)cc3)[C@H](O)C[C@H]2C1. The lowest BCUT2D eigenvalue weighted by Crippen LogP contribution is -2.42. The second-order valence-electron chi connectivity index (χ2n) is 8.35. The van der Waals surface area contributed by atoms with Crippen LogP contribution in [-0.4, -0.2) is 51.0 Å². The van der Waals surface area contributed by atoms with E-state index in [4.69, 9.17) is 4.74 Å². The first-order chi connectivity index (χ1) is 14.5. The van der Waals surface area contributed by atoms with Gasteiger partial charge in [-0.25, -0.2) is 4.39 Å². The van der Waals surface area contributed by atoms with Gasteiger partial charge in [-0.05, 0) is 55.0 Å². The summed E-state index contributed by atoms with van der Waals surface area (Å²) in [7, 11) is 0. The van der Waals surface area contributed by atoms with Gasteiger partial charge in [0.15, 0.2) is 0 Å². The fourth-order valence-corrected chi connectivity index (χ4v) is 4.74. The quantitative estimate of drug-likeness (QED) is 0.720. The number of hydrogen-bond acceptors (Lipinski definition) is 4. The second kappa shape index (κ2) is 7.72. The van der Waals surface area contributed by atoms with Crippen molar-refractivity contribution >= 4 is 16.8 Å². The van der Waals surface area contributed by atoms with Crippen LogP contribution in [-0.2, 0) is 11.3 Å². The highest BCUT2D eigenvalue weighted by atomic mass is 19.1. The average molecular weight is 409 g/mol. The molecule has 1 saturated carbocycles. The molecule has 4 atom stereocenters. The minimum absolute atomic E-state index is 0.0442. The van der Waals surface area contributed by atoms with Gasteiger partial charge in [0.1, 0.15) is 24.2 Å². The molecule has 3 aromatic rings. The number of hydrogen-bond donors (Lipinski definition) is 1. The summed E-state index contributed by atoms with van der Waals surface area (Å²) in [5.41, 5.74) is 0.879. The van der Waals surface area contributed by atoms with Crippen LogP contribution in [0.15, 0.2) is 54.7 Å². The van der Waals surface area contributed by atoms with Gasteiger partial charge in [0.2, 0.25) is 5.91 Å². The highest BCUT2D eigenvalue weighted by molar-refractivity contribution is 5.80. The van der Waals surface area contributed by atoms with Crippen LogP contribution in [0.3, 0.4) is 0 Å². The number of aliphatic hydroxyl groups is 1. The third-order valence-electron chi connectivity index (χ3n) is 6.30. The lowest BCUT2D eigenvalue weighted by atomic mass is 9.78. The molecule has 2 fully saturated rings. The van der Waals surface area contributed by atoms with E-state index in [9.17, 15) is 14.3 Å². The molecule has 1 aliphatic carbocycles. The number of nitrogens with zero attached hydrogens (tertiary/aromatic N) is 3. The predicted molar refractivity (Wildman–Crippen MR) is 109 cm³/mol. The molecule has 2 heterocycles. The first kappa shape index (κ1) is 19.1. The molecule has 0 bridgehead atoms. The fraction of sp³-hybridized carbons (Fsp3) is 0.391. The maximum atomic E-state index is 13.1. The Kier molecular flexibility index (Phi) is 4.90. The van der Waals surface area contributed by atoms with Gasteiger partial charge in [-0.1, -0.05) is 18.2 Å². The van der Waals surface area contributed by atoms with E-state index in [-0.39, 0.29) is 30.3 Å². The average Bonchev–Trinajstić information content (AvgIpc) is 3.33. The zero-order valence-corrected chi connectivity index (χ0v) is 16.5. The third kappa shape index (κ3) is 3.77. The Bertz CT molecular complexity index is 1020. The molecule has 1 saturated heterocycles. The predicted octanol–water partition coefficient (Wildman–Crippen LogP) is 2.85. The minimum atomic E-state index is -0.595. The molecule has 0 spiro atoms. The van der Waals surface area contributed by atoms with Crippen LogP contribution in [0.4, 0.5) is 4.39 Å². The number of aromatic nitrogens is 2. The van der Waals surface area contributed by atoms with Gasteiger partial charge in [0, 0.05) is 24.7 Å². The first-order valence-corrected chi connectivity index (χ1v) is 10.4. The maximum Gasteiger partial charge on any atom is 0.244 e. The number of ether oxygens (including phenoxy) is 1. The lowest BCUT2D eigenvalue weighted by molar-refractivity contribution is -0.131. The summed E-state index contributed by atoms with van der Waals surface area (Å²) in [4.78, 5) is 14.7. The van der Waals surface area contributed by atoms with Gasteiger partial charge in [-0.3, -0.25) is 9.48 Å².